The van der Waals surface area contributed by atoms with Crippen LogP contribution in [0.1, 0.15) is 35.4 Å². The van der Waals surface area contributed by atoms with Crippen molar-refractivity contribution in [1.82, 2.24) is 0 Å². The van der Waals surface area contributed by atoms with Gasteiger partial charge < -0.3 is 9.84 Å². The Hall–Kier alpha value is -2.32. The van der Waals surface area contributed by atoms with Crippen molar-refractivity contribution in [2.24, 2.45) is 0 Å². The molecule has 2 aliphatic rings. The summed E-state index contributed by atoms with van der Waals surface area (Å²) in [4.78, 5) is 0. The first-order valence-corrected chi connectivity index (χ1v) is 8.21. The van der Waals surface area contributed by atoms with Crippen molar-refractivity contribution in [3.63, 3.8) is 0 Å². The van der Waals surface area contributed by atoms with Gasteiger partial charge in [-0.05, 0) is 47.2 Å². The van der Waals surface area contributed by atoms with Gasteiger partial charge in [0.25, 0.3) is 0 Å². The zero-order chi connectivity index (χ0) is 15.6. The van der Waals surface area contributed by atoms with Crippen LogP contribution in [0.25, 0.3) is 5.57 Å². The second kappa shape index (κ2) is 6.05. The van der Waals surface area contributed by atoms with Gasteiger partial charge in [-0.2, -0.15) is 0 Å². The average molecular weight is 304 g/mol. The Bertz CT molecular complexity index is 769. The maximum absolute atomic E-state index is 8.86. The van der Waals surface area contributed by atoms with Crippen LogP contribution in [0.3, 0.4) is 0 Å². The molecule has 0 spiro atoms. The van der Waals surface area contributed by atoms with Gasteiger partial charge in [-0.15, -0.1) is 0 Å². The molecule has 0 radical (unpaired) electrons. The van der Waals surface area contributed by atoms with Gasteiger partial charge in [-0.1, -0.05) is 54.1 Å². The fourth-order valence-corrected chi connectivity index (χ4v) is 3.73. The predicted molar refractivity (Wildman–Crippen MR) is 92.6 cm³/mol. The molecule has 0 heterocycles. The van der Waals surface area contributed by atoms with Gasteiger partial charge in [0.05, 0.1) is 6.61 Å². The summed E-state index contributed by atoms with van der Waals surface area (Å²) in [5, 5.41) is 8.86. The Balaban J connectivity index is 1.73. The molecule has 0 amide bonds. The number of ether oxygens (including phenoxy) is 1. The van der Waals surface area contributed by atoms with Crippen LogP contribution in [-0.2, 0) is 0 Å². The van der Waals surface area contributed by atoms with Crippen LogP contribution in [0.4, 0.5) is 0 Å². The van der Waals surface area contributed by atoms with Crippen molar-refractivity contribution < 1.29 is 9.84 Å². The lowest BCUT2D eigenvalue weighted by molar-refractivity contribution is 0.201. The largest absolute Gasteiger partial charge is 0.491 e. The van der Waals surface area contributed by atoms with E-state index in [-0.39, 0.29) is 6.61 Å². The molecule has 2 aromatic rings. The van der Waals surface area contributed by atoms with E-state index in [0.29, 0.717) is 12.5 Å². The number of fused-ring (bicyclic) bond motifs is 2. The normalized spacial score (nSPS) is 18.7. The van der Waals surface area contributed by atoms with Crippen molar-refractivity contribution in [2.45, 2.75) is 18.8 Å². The van der Waals surface area contributed by atoms with Crippen molar-refractivity contribution >= 4 is 5.57 Å². The Labute approximate surface area is 136 Å². The van der Waals surface area contributed by atoms with Crippen molar-refractivity contribution in [2.75, 3.05) is 13.2 Å². The number of hydrogen-bond donors (Lipinski definition) is 1. The summed E-state index contributed by atoms with van der Waals surface area (Å²) in [6.45, 7) is 0.381. The molecule has 0 aliphatic heterocycles. The summed E-state index contributed by atoms with van der Waals surface area (Å²) in [6, 6.07) is 17.1. The van der Waals surface area contributed by atoms with Crippen molar-refractivity contribution in [3.8, 4) is 5.75 Å². The third kappa shape index (κ3) is 2.49. The molecular weight excluding hydrogens is 284 g/mol. The van der Waals surface area contributed by atoms with Gasteiger partial charge in [0.1, 0.15) is 12.4 Å². The monoisotopic (exact) mass is 304 g/mol. The van der Waals surface area contributed by atoms with Crippen LogP contribution in [0, 0.1) is 0 Å². The number of aliphatic hydroxyl groups excluding tert-OH is 1. The van der Waals surface area contributed by atoms with E-state index in [1.54, 1.807) is 0 Å². The Kier molecular flexibility index (Phi) is 3.76. The highest BCUT2D eigenvalue weighted by molar-refractivity contribution is 5.86. The number of benzene rings is 2. The highest BCUT2D eigenvalue weighted by Crippen LogP contribution is 2.49. The molecule has 0 fully saturated rings. The lowest BCUT2D eigenvalue weighted by Gasteiger charge is -2.19. The first-order chi connectivity index (χ1) is 11.4. The summed E-state index contributed by atoms with van der Waals surface area (Å²) >= 11 is 0. The molecule has 0 saturated heterocycles. The van der Waals surface area contributed by atoms with E-state index in [0.717, 1.165) is 18.6 Å². The molecule has 0 bridgehead atoms. The van der Waals surface area contributed by atoms with E-state index < -0.39 is 0 Å². The standard InChI is InChI=1S/C21H20O2/c22-13-14-23-16-11-9-15(10-12-16)21-19-7-3-1-5-17(19)18-6-2-4-8-20(18)21/h1-3,5-7,9-12,21-22H,4,8,13-14H2. The molecule has 1 N–H and O–H groups in total. The molecule has 0 aromatic heterocycles. The minimum atomic E-state index is 0.0420. The molecule has 116 valence electrons. The van der Waals surface area contributed by atoms with E-state index in [9.17, 15) is 0 Å². The molecule has 2 heteroatoms. The van der Waals surface area contributed by atoms with Crippen LogP contribution in [-0.4, -0.2) is 18.3 Å². The van der Waals surface area contributed by atoms with Crippen LogP contribution >= 0.6 is 0 Å². The van der Waals surface area contributed by atoms with E-state index in [1.165, 1.54) is 27.8 Å². The zero-order valence-corrected chi connectivity index (χ0v) is 13.0. The van der Waals surface area contributed by atoms with E-state index in [1.807, 2.05) is 12.1 Å². The van der Waals surface area contributed by atoms with Crippen molar-refractivity contribution in [1.29, 1.82) is 0 Å². The number of rotatable bonds is 4. The Morgan fingerprint density at radius 1 is 1.04 bits per heavy atom. The molecule has 2 nitrogen and oxygen atoms in total. The molecule has 4 rings (SSSR count). The molecule has 23 heavy (non-hydrogen) atoms. The van der Waals surface area contributed by atoms with Crippen LogP contribution in [0.5, 0.6) is 5.75 Å². The topological polar surface area (TPSA) is 29.5 Å². The maximum Gasteiger partial charge on any atom is 0.119 e. The second-order valence-corrected chi connectivity index (χ2v) is 6.04. The van der Waals surface area contributed by atoms with Gasteiger partial charge >= 0.3 is 0 Å². The predicted octanol–water partition coefficient (Wildman–Crippen LogP) is 4.31. The van der Waals surface area contributed by atoms with Gasteiger partial charge in [-0.25, -0.2) is 0 Å². The first kappa shape index (κ1) is 14.3. The molecule has 2 aromatic carbocycles. The van der Waals surface area contributed by atoms with Crippen LogP contribution < -0.4 is 4.74 Å². The van der Waals surface area contributed by atoms with E-state index in [2.05, 4.69) is 48.6 Å². The zero-order valence-electron chi connectivity index (χ0n) is 13.0. The highest BCUT2D eigenvalue weighted by atomic mass is 16.5. The Morgan fingerprint density at radius 3 is 2.70 bits per heavy atom. The van der Waals surface area contributed by atoms with Gasteiger partial charge in [-0.3, -0.25) is 0 Å². The minimum absolute atomic E-state index is 0.0420. The van der Waals surface area contributed by atoms with Gasteiger partial charge in [0, 0.05) is 5.92 Å². The Morgan fingerprint density at radius 2 is 1.87 bits per heavy atom. The lowest BCUT2D eigenvalue weighted by atomic mass is 9.85. The first-order valence-electron chi connectivity index (χ1n) is 8.21. The third-order valence-electron chi connectivity index (χ3n) is 4.69. The summed E-state index contributed by atoms with van der Waals surface area (Å²) < 4.78 is 5.48. The fourth-order valence-electron chi connectivity index (χ4n) is 3.73. The van der Waals surface area contributed by atoms with Crippen LogP contribution in [0.15, 0.2) is 66.3 Å². The smallest absolute Gasteiger partial charge is 0.119 e. The summed E-state index contributed by atoms with van der Waals surface area (Å²) in [7, 11) is 0. The second-order valence-electron chi connectivity index (χ2n) is 6.04. The summed E-state index contributed by atoms with van der Waals surface area (Å²) in [5.74, 6) is 1.17. The maximum atomic E-state index is 8.86. The van der Waals surface area contributed by atoms with Gasteiger partial charge in [0.15, 0.2) is 0 Å². The molecule has 1 unspecified atom stereocenters. The molecule has 0 saturated carbocycles. The quantitative estimate of drug-likeness (QED) is 0.912. The summed E-state index contributed by atoms with van der Waals surface area (Å²) in [6.07, 6.45) is 6.83. The third-order valence-corrected chi connectivity index (χ3v) is 4.69. The molecule has 2 aliphatic carbocycles. The number of aliphatic hydroxyl groups is 1. The highest BCUT2D eigenvalue weighted by Gasteiger charge is 2.31. The molecular formula is C21H20O2. The van der Waals surface area contributed by atoms with E-state index in [4.69, 9.17) is 9.84 Å². The fraction of sp³-hybridized carbons (Fsp3) is 0.238. The lowest BCUT2D eigenvalue weighted by Crippen LogP contribution is -2.04. The van der Waals surface area contributed by atoms with Crippen LogP contribution in [0.2, 0.25) is 0 Å². The number of hydrogen-bond acceptors (Lipinski definition) is 2. The number of allylic oxidation sites excluding steroid dienone is 4. The van der Waals surface area contributed by atoms with Gasteiger partial charge in [0.2, 0.25) is 0 Å². The van der Waals surface area contributed by atoms with E-state index >= 15 is 0 Å². The SMILES string of the molecule is OCCOc1ccc(C2C3=C(C=CCC3)c3ccccc32)cc1. The average Bonchev–Trinajstić information content (AvgIpc) is 2.95. The summed E-state index contributed by atoms with van der Waals surface area (Å²) in [5.41, 5.74) is 7.06. The van der Waals surface area contributed by atoms with Crippen molar-refractivity contribution in [3.05, 3.63) is 82.9 Å². The molecule has 1 atom stereocenters. The minimum Gasteiger partial charge on any atom is -0.491 e.